The molecule has 0 bridgehead atoms. The van der Waals surface area contributed by atoms with Gasteiger partial charge in [0, 0.05) is 10.8 Å². The van der Waals surface area contributed by atoms with Gasteiger partial charge in [0.1, 0.15) is 0 Å². The summed E-state index contributed by atoms with van der Waals surface area (Å²) in [5.41, 5.74) is 0.229. The molecule has 0 amide bonds. The summed E-state index contributed by atoms with van der Waals surface area (Å²) in [4.78, 5) is 12.4. The highest BCUT2D eigenvalue weighted by Gasteiger charge is 2.39. The Labute approximate surface area is 111 Å². The monoisotopic (exact) mass is 272 g/mol. The van der Waals surface area contributed by atoms with Gasteiger partial charge in [-0.2, -0.15) is 0 Å². The molecule has 2 rings (SSSR count). The topological polar surface area (TPSA) is 37.3 Å². The van der Waals surface area contributed by atoms with E-state index < -0.39 is 5.97 Å². The maximum atomic E-state index is 11.3. The van der Waals surface area contributed by atoms with Gasteiger partial charge in [-0.25, -0.2) is 0 Å². The maximum absolute atomic E-state index is 11.3. The van der Waals surface area contributed by atoms with Crippen molar-refractivity contribution in [2.24, 2.45) is 11.3 Å². The lowest BCUT2D eigenvalue weighted by Crippen LogP contribution is -2.32. The number of rotatable bonds is 2. The Bertz CT molecular complexity index is 425. The van der Waals surface area contributed by atoms with Crippen LogP contribution in [-0.2, 0) is 4.79 Å². The zero-order chi connectivity index (χ0) is 12.6. The fourth-order valence-corrected chi connectivity index (χ4v) is 3.94. The van der Waals surface area contributed by atoms with Crippen LogP contribution >= 0.6 is 22.9 Å². The van der Waals surface area contributed by atoms with Crippen molar-refractivity contribution < 1.29 is 9.90 Å². The number of carbonyl (C=O) groups is 1. The third-order valence-corrected chi connectivity index (χ3v) is 5.03. The van der Waals surface area contributed by atoms with Gasteiger partial charge in [0.05, 0.1) is 10.3 Å². The molecule has 2 atom stereocenters. The van der Waals surface area contributed by atoms with E-state index in [1.165, 1.54) is 11.3 Å². The second-order valence-corrected chi connectivity index (χ2v) is 7.35. The molecular weight excluding hydrogens is 256 g/mol. The Hall–Kier alpha value is -0.540. The second-order valence-electron chi connectivity index (χ2n) is 5.60. The summed E-state index contributed by atoms with van der Waals surface area (Å²) < 4.78 is 0.743. The van der Waals surface area contributed by atoms with Crippen LogP contribution in [0.1, 0.15) is 43.9 Å². The lowest BCUT2D eigenvalue weighted by molar-refractivity contribution is -0.144. The molecular formula is C13H17ClO2S. The molecule has 1 heterocycles. The van der Waals surface area contributed by atoms with Crippen LogP contribution in [0, 0.1) is 11.3 Å². The van der Waals surface area contributed by atoms with Crippen molar-refractivity contribution in [3.05, 3.63) is 21.3 Å². The van der Waals surface area contributed by atoms with E-state index in [-0.39, 0.29) is 17.3 Å². The average Bonchev–Trinajstić information content (AvgIpc) is 2.62. The lowest BCUT2D eigenvalue weighted by atomic mass is 9.67. The molecule has 0 aliphatic heterocycles. The second kappa shape index (κ2) is 4.62. The van der Waals surface area contributed by atoms with Crippen molar-refractivity contribution in [1.29, 1.82) is 0 Å². The third kappa shape index (κ3) is 2.83. The molecule has 0 spiro atoms. The van der Waals surface area contributed by atoms with Crippen LogP contribution in [0.4, 0.5) is 0 Å². The Balaban J connectivity index is 2.28. The first-order chi connectivity index (χ1) is 7.89. The van der Waals surface area contributed by atoms with E-state index in [0.29, 0.717) is 0 Å². The number of hydrogen-bond acceptors (Lipinski definition) is 2. The number of carboxylic acids is 1. The van der Waals surface area contributed by atoms with Crippen molar-refractivity contribution >= 4 is 28.9 Å². The van der Waals surface area contributed by atoms with Gasteiger partial charge in [-0.3, -0.25) is 4.79 Å². The summed E-state index contributed by atoms with van der Waals surface area (Å²) >= 11 is 7.47. The van der Waals surface area contributed by atoms with Gasteiger partial charge < -0.3 is 5.11 Å². The highest BCUT2D eigenvalue weighted by molar-refractivity contribution is 7.16. The first kappa shape index (κ1) is 12.9. The molecule has 1 aliphatic carbocycles. The van der Waals surface area contributed by atoms with E-state index in [9.17, 15) is 9.90 Å². The van der Waals surface area contributed by atoms with Crippen molar-refractivity contribution in [2.45, 2.75) is 39.0 Å². The van der Waals surface area contributed by atoms with E-state index >= 15 is 0 Å². The highest BCUT2D eigenvalue weighted by Crippen LogP contribution is 2.48. The Morgan fingerprint density at radius 2 is 2.24 bits per heavy atom. The molecule has 1 N–H and O–H groups in total. The fraction of sp³-hybridized carbons (Fsp3) is 0.615. The molecule has 2 unspecified atom stereocenters. The smallest absolute Gasteiger partial charge is 0.307 e. The Kier molecular flexibility index (Phi) is 3.50. The van der Waals surface area contributed by atoms with Gasteiger partial charge in [-0.15, -0.1) is 11.3 Å². The SMILES string of the molecule is CC1(C)CCC(C(=O)O)C(c2ccc(Cl)s2)C1. The zero-order valence-corrected chi connectivity index (χ0v) is 11.6. The third-order valence-electron chi connectivity index (χ3n) is 3.67. The summed E-state index contributed by atoms with van der Waals surface area (Å²) in [7, 11) is 0. The predicted molar refractivity (Wildman–Crippen MR) is 70.8 cm³/mol. The minimum absolute atomic E-state index is 0.119. The van der Waals surface area contributed by atoms with Crippen molar-refractivity contribution in [1.82, 2.24) is 0 Å². The van der Waals surface area contributed by atoms with Crippen LogP contribution in [0.15, 0.2) is 12.1 Å². The zero-order valence-electron chi connectivity index (χ0n) is 10.1. The van der Waals surface area contributed by atoms with Gasteiger partial charge in [-0.05, 0) is 36.8 Å². The summed E-state index contributed by atoms with van der Waals surface area (Å²) in [6.45, 7) is 4.43. The van der Waals surface area contributed by atoms with Crippen molar-refractivity contribution in [3.8, 4) is 0 Å². The van der Waals surface area contributed by atoms with Gasteiger partial charge in [0.15, 0.2) is 0 Å². The quantitative estimate of drug-likeness (QED) is 0.867. The van der Waals surface area contributed by atoms with E-state index in [0.717, 1.165) is 28.5 Å². The van der Waals surface area contributed by atoms with E-state index in [1.807, 2.05) is 12.1 Å². The fourth-order valence-electron chi connectivity index (χ4n) is 2.71. The Morgan fingerprint density at radius 3 is 2.76 bits per heavy atom. The molecule has 1 saturated carbocycles. The maximum Gasteiger partial charge on any atom is 0.307 e. The van der Waals surface area contributed by atoms with E-state index in [2.05, 4.69) is 13.8 Å². The van der Waals surface area contributed by atoms with E-state index in [4.69, 9.17) is 11.6 Å². The van der Waals surface area contributed by atoms with Crippen LogP contribution in [-0.4, -0.2) is 11.1 Å². The molecule has 4 heteroatoms. The normalized spacial score (nSPS) is 27.9. The highest BCUT2D eigenvalue weighted by atomic mass is 35.5. The molecule has 1 fully saturated rings. The van der Waals surface area contributed by atoms with Gasteiger partial charge >= 0.3 is 5.97 Å². The van der Waals surface area contributed by atoms with Crippen LogP contribution in [0.5, 0.6) is 0 Å². The average molecular weight is 273 g/mol. The number of hydrogen-bond donors (Lipinski definition) is 1. The molecule has 1 aliphatic rings. The van der Waals surface area contributed by atoms with Gasteiger partial charge in [-0.1, -0.05) is 25.4 Å². The molecule has 0 aromatic carbocycles. The van der Waals surface area contributed by atoms with Crippen molar-refractivity contribution in [2.75, 3.05) is 0 Å². The largest absolute Gasteiger partial charge is 0.481 e. The first-order valence-electron chi connectivity index (χ1n) is 5.87. The summed E-state index contributed by atoms with van der Waals surface area (Å²) in [6.07, 6.45) is 2.68. The van der Waals surface area contributed by atoms with Crippen molar-refractivity contribution in [3.63, 3.8) is 0 Å². The molecule has 2 nitrogen and oxygen atoms in total. The van der Waals surface area contributed by atoms with Gasteiger partial charge in [0.2, 0.25) is 0 Å². The molecule has 1 aromatic heterocycles. The molecule has 17 heavy (non-hydrogen) atoms. The van der Waals surface area contributed by atoms with Gasteiger partial charge in [0.25, 0.3) is 0 Å². The summed E-state index contributed by atoms with van der Waals surface area (Å²) in [6, 6.07) is 3.84. The number of halogens is 1. The molecule has 0 radical (unpaired) electrons. The summed E-state index contributed by atoms with van der Waals surface area (Å²) in [5, 5.41) is 9.32. The number of aliphatic carboxylic acids is 1. The lowest BCUT2D eigenvalue weighted by Gasteiger charge is -2.38. The van der Waals surface area contributed by atoms with Crippen LogP contribution in [0.2, 0.25) is 4.34 Å². The summed E-state index contributed by atoms with van der Waals surface area (Å²) in [5.74, 6) is -0.804. The predicted octanol–water partition coefficient (Wildman–Crippen LogP) is 4.40. The number of thiophene rings is 1. The standard InChI is InChI=1S/C13H17ClO2S/c1-13(2)6-5-8(12(15)16)9(7-13)10-3-4-11(14)17-10/h3-4,8-9H,5-7H2,1-2H3,(H,15,16). The Morgan fingerprint density at radius 1 is 1.53 bits per heavy atom. The first-order valence-corrected chi connectivity index (χ1v) is 7.06. The van der Waals surface area contributed by atoms with E-state index in [1.54, 1.807) is 0 Å². The van der Waals surface area contributed by atoms with Crippen LogP contribution < -0.4 is 0 Å². The van der Waals surface area contributed by atoms with Crippen LogP contribution in [0.3, 0.4) is 0 Å². The molecule has 1 aromatic rings. The van der Waals surface area contributed by atoms with Crippen LogP contribution in [0.25, 0.3) is 0 Å². The minimum Gasteiger partial charge on any atom is -0.481 e. The number of carboxylic acid groups (broad SMARTS) is 1. The molecule has 94 valence electrons. The molecule has 0 saturated heterocycles. The minimum atomic E-state index is -0.671.